The molecule has 3 aromatic rings. The third kappa shape index (κ3) is 7.88. The predicted octanol–water partition coefficient (Wildman–Crippen LogP) is 4.94. The highest BCUT2D eigenvalue weighted by atomic mass is 19.4. The maximum atomic E-state index is 13.7. The van der Waals surface area contributed by atoms with Crippen molar-refractivity contribution in [2.75, 3.05) is 20.2 Å². The number of nitrogens with zero attached hydrogens (tertiary/aromatic N) is 1. The molecule has 0 fully saturated rings. The summed E-state index contributed by atoms with van der Waals surface area (Å²) in [6.45, 7) is 0.194. The number of hydrogen-bond acceptors (Lipinski definition) is 5. The molecule has 222 valence electrons. The average Bonchev–Trinajstić information content (AvgIpc) is 3.27. The fourth-order valence-corrected chi connectivity index (χ4v) is 5.10. The minimum Gasteiger partial charge on any atom is -0.480 e. The molecule has 1 aliphatic rings. The summed E-state index contributed by atoms with van der Waals surface area (Å²) in [6.07, 6.45) is -7.55. The van der Waals surface area contributed by atoms with Crippen molar-refractivity contribution in [3.63, 3.8) is 0 Å². The van der Waals surface area contributed by atoms with Gasteiger partial charge in [-0.1, -0.05) is 78.9 Å². The van der Waals surface area contributed by atoms with Crippen molar-refractivity contribution in [1.82, 2.24) is 15.5 Å². The largest absolute Gasteiger partial charge is 0.480 e. The van der Waals surface area contributed by atoms with Crippen LogP contribution in [0.15, 0.2) is 78.9 Å². The van der Waals surface area contributed by atoms with Gasteiger partial charge >= 0.3 is 18.2 Å². The number of alkyl halides is 3. The molecule has 1 aliphatic carbocycles. The summed E-state index contributed by atoms with van der Waals surface area (Å²) in [6, 6.07) is 20.7. The van der Waals surface area contributed by atoms with Gasteiger partial charge in [-0.3, -0.25) is 9.69 Å². The van der Waals surface area contributed by atoms with Crippen molar-refractivity contribution in [1.29, 1.82) is 0 Å². The molecule has 2 amide bonds. The average molecular weight is 584 g/mol. The molecule has 0 aliphatic heterocycles. The van der Waals surface area contributed by atoms with E-state index in [1.54, 1.807) is 11.9 Å². The molecule has 0 saturated heterocycles. The van der Waals surface area contributed by atoms with Crippen LogP contribution < -0.4 is 10.6 Å². The zero-order valence-corrected chi connectivity index (χ0v) is 22.9. The van der Waals surface area contributed by atoms with Crippen LogP contribution in [-0.4, -0.2) is 66.4 Å². The zero-order valence-electron chi connectivity index (χ0n) is 22.9. The molecule has 0 aromatic heterocycles. The van der Waals surface area contributed by atoms with Crippen molar-refractivity contribution in [3.05, 3.63) is 95.6 Å². The molecule has 4 rings (SSSR count). The molecular weight excluding hydrogens is 551 g/mol. The first-order valence-electron chi connectivity index (χ1n) is 13.5. The lowest BCUT2D eigenvalue weighted by Gasteiger charge is -2.24. The first-order valence-corrected chi connectivity index (χ1v) is 13.5. The molecule has 11 heteroatoms. The van der Waals surface area contributed by atoms with Gasteiger partial charge in [-0.2, -0.15) is 13.2 Å². The molecule has 8 nitrogen and oxygen atoms in total. The van der Waals surface area contributed by atoms with Crippen molar-refractivity contribution in [2.24, 2.45) is 0 Å². The summed E-state index contributed by atoms with van der Waals surface area (Å²) < 4.78 is 46.4. The number of carboxylic acids is 1. The molecule has 3 aromatic carbocycles. The van der Waals surface area contributed by atoms with Crippen LogP contribution in [0, 0.1) is 0 Å². The highest BCUT2D eigenvalue weighted by Crippen LogP contribution is 2.44. The molecule has 2 atom stereocenters. The highest BCUT2D eigenvalue weighted by Gasteiger charge is 2.41. The Morgan fingerprint density at radius 2 is 1.48 bits per heavy atom. The van der Waals surface area contributed by atoms with Gasteiger partial charge in [0.05, 0.1) is 0 Å². The van der Waals surface area contributed by atoms with Crippen LogP contribution in [-0.2, 0) is 20.9 Å². The predicted molar refractivity (Wildman–Crippen MR) is 150 cm³/mol. The highest BCUT2D eigenvalue weighted by molar-refractivity contribution is 5.84. The number of aliphatic carboxylic acids is 1. The first kappa shape index (κ1) is 30.6. The van der Waals surface area contributed by atoms with Crippen molar-refractivity contribution in [3.8, 4) is 11.1 Å². The van der Waals surface area contributed by atoms with E-state index in [0.717, 1.165) is 27.8 Å². The van der Waals surface area contributed by atoms with Crippen molar-refractivity contribution in [2.45, 2.75) is 43.6 Å². The van der Waals surface area contributed by atoms with E-state index in [-0.39, 0.29) is 19.1 Å². The Morgan fingerprint density at radius 1 is 0.905 bits per heavy atom. The summed E-state index contributed by atoms with van der Waals surface area (Å²) in [5.41, 5.74) is 4.72. The quantitative estimate of drug-likeness (QED) is 0.279. The van der Waals surface area contributed by atoms with E-state index >= 15 is 0 Å². The van der Waals surface area contributed by atoms with E-state index in [0.29, 0.717) is 6.54 Å². The van der Waals surface area contributed by atoms with Crippen LogP contribution in [0.25, 0.3) is 11.1 Å². The van der Waals surface area contributed by atoms with Crippen LogP contribution in [0.1, 0.15) is 35.4 Å². The Morgan fingerprint density at radius 3 is 2.05 bits per heavy atom. The minimum absolute atomic E-state index is 0.0589. The second kappa shape index (κ2) is 13.5. The standard InChI is InChI=1S/C31H32F3N3O5/c1-37(17-20-9-3-2-4-10-20)18-26(29(39)40)35-28(38)16-15-27(31(32,33)34)36-30(41)42-19-25-23-13-7-5-11-21(23)22-12-6-8-14-24(22)25/h2-14,25-27H,15-19H2,1H3,(H,35,38)(H,36,41)(H,39,40)/t26?,27-/m0/s1. The Bertz CT molecular complexity index is 1350. The lowest BCUT2D eigenvalue weighted by molar-refractivity contribution is -0.157. The van der Waals surface area contributed by atoms with E-state index in [1.165, 1.54) is 0 Å². The van der Waals surface area contributed by atoms with E-state index in [2.05, 4.69) is 5.32 Å². The van der Waals surface area contributed by atoms with Gasteiger partial charge in [0.25, 0.3) is 0 Å². The van der Waals surface area contributed by atoms with E-state index in [1.807, 2.05) is 84.2 Å². The Kier molecular flexibility index (Phi) is 9.84. The van der Waals surface area contributed by atoms with Gasteiger partial charge in [0.1, 0.15) is 18.7 Å². The minimum atomic E-state index is -4.85. The number of halogens is 3. The molecule has 0 saturated carbocycles. The van der Waals surface area contributed by atoms with E-state index in [4.69, 9.17) is 4.74 Å². The Labute approximate surface area is 241 Å². The number of carbonyl (C=O) groups excluding carboxylic acids is 2. The number of rotatable bonds is 12. The molecule has 0 heterocycles. The van der Waals surface area contributed by atoms with Crippen molar-refractivity contribution < 1.29 is 37.4 Å². The molecule has 0 radical (unpaired) electrons. The number of likely N-dealkylation sites (N-methyl/N-ethyl adjacent to an activating group) is 1. The molecular formula is C31H32F3N3O5. The normalized spacial score (nSPS) is 14.0. The fourth-order valence-electron chi connectivity index (χ4n) is 5.10. The second-order valence-electron chi connectivity index (χ2n) is 10.2. The summed E-state index contributed by atoms with van der Waals surface area (Å²) in [7, 11) is 1.67. The van der Waals surface area contributed by atoms with Gasteiger partial charge in [0.15, 0.2) is 0 Å². The van der Waals surface area contributed by atoms with Gasteiger partial charge in [0.2, 0.25) is 5.91 Å². The smallest absolute Gasteiger partial charge is 0.408 e. The van der Waals surface area contributed by atoms with E-state index < -0.39 is 49.1 Å². The summed E-state index contributed by atoms with van der Waals surface area (Å²) in [4.78, 5) is 38.3. The van der Waals surface area contributed by atoms with Gasteiger partial charge in [-0.25, -0.2) is 9.59 Å². The number of carboxylic acid groups (broad SMARTS) is 1. The lowest BCUT2D eigenvalue weighted by atomic mass is 9.98. The third-order valence-electron chi connectivity index (χ3n) is 7.11. The topological polar surface area (TPSA) is 108 Å². The fraction of sp³-hybridized carbons (Fsp3) is 0.323. The van der Waals surface area contributed by atoms with Crippen molar-refractivity contribution >= 4 is 18.0 Å². The summed E-state index contributed by atoms with van der Waals surface area (Å²) >= 11 is 0. The molecule has 0 bridgehead atoms. The SMILES string of the molecule is CN(Cc1ccccc1)CC(NC(=O)CC[C@H](NC(=O)OCC1c2ccccc2-c2ccccc21)C(F)(F)F)C(=O)O. The van der Waals surface area contributed by atoms with Crippen LogP contribution in [0.2, 0.25) is 0 Å². The van der Waals surface area contributed by atoms with Gasteiger partial charge in [-0.05, 0) is 41.3 Å². The monoisotopic (exact) mass is 583 g/mol. The number of alkyl carbamates (subject to hydrolysis) is 1. The number of hydrogen-bond donors (Lipinski definition) is 3. The van der Waals surface area contributed by atoms with Gasteiger partial charge < -0.3 is 20.5 Å². The number of fused-ring (bicyclic) bond motifs is 3. The number of benzene rings is 3. The van der Waals surface area contributed by atoms with Crippen LogP contribution in [0.5, 0.6) is 0 Å². The maximum absolute atomic E-state index is 13.7. The van der Waals surface area contributed by atoms with E-state index in [9.17, 15) is 32.7 Å². The number of amides is 2. The maximum Gasteiger partial charge on any atom is 0.408 e. The first-order chi connectivity index (χ1) is 20.0. The van der Waals surface area contributed by atoms with Gasteiger partial charge in [-0.15, -0.1) is 0 Å². The number of carbonyl (C=O) groups is 3. The summed E-state index contributed by atoms with van der Waals surface area (Å²) in [5, 5.41) is 13.7. The molecule has 1 unspecified atom stereocenters. The summed E-state index contributed by atoms with van der Waals surface area (Å²) in [5.74, 6) is -2.52. The number of ether oxygens (including phenoxy) is 1. The Hall–Kier alpha value is -4.38. The molecule has 3 N–H and O–H groups in total. The molecule has 42 heavy (non-hydrogen) atoms. The Balaban J connectivity index is 1.30. The van der Waals surface area contributed by atoms with Gasteiger partial charge in [0, 0.05) is 25.4 Å². The van der Waals surface area contributed by atoms with Crippen LogP contribution in [0.3, 0.4) is 0 Å². The lowest BCUT2D eigenvalue weighted by Crippen LogP contribution is -2.49. The zero-order chi connectivity index (χ0) is 30.3. The molecule has 0 spiro atoms. The third-order valence-corrected chi connectivity index (χ3v) is 7.11. The number of nitrogens with one attached hydrogen (secondary N) is 2. The van der Waals surface area contributed by atoms with Crippen LogP contribution >= 0.6 is 0 Å². The second-order valence-corrected chi connectivity index (χ2v) is 10.2. The van der Waals surface area contributed by atoms with Crippen LogP contribution in [0.4, 0.5) is 18.0 Å².